The van der Waals surface area contributed by atoms with Crippen molar-refractivity contribution in [3.63, 3.8) is 0 Å². The second-order valence-electron chi connectivity index (χ2n) is 1.43. The van der Waals surface area contributed by atoms with Crippen molar-refractivity contribution in [1.82, 2.24) is 0 Å². The van der Waals surface area contributed by atoms with E-state index in [1.165, 1.54) is 12.2 Å². The second kappa shape index (κ2) is 3.67. The predicted molar refractivity (Wildman–Crippen MR) is 37.0 cm³/mol. The first kappa shape index (κ1) is 6.81. The average molecular weight is 152 g/mol. The highest BCUT2D eigenvalue weighted by atomic mass is 32.7. The van der Waals surface area contributed by atoms with Crippen LogP contribution in [0.4, 0.5) is 0 Å². The molecule has 1 fully saturated rings. The Balaban J connectivity index is 2.13. The summed E-state index contributed by atoms with van der Waals surface area (Å²) < 4.78 is 10.2. The summed E-state index contributed by atoms with van der Waals surface area (Å²) >= 11 is 1.78. The Morgan fingerprint density at radius 3 is 3.00 bits per heavy atom. The SMILES string of the molecule is COP1OCCCS1. The third-order valence-electron chi connectivity index (χ3n) is 0.831. The molecule has 0 N–H and O–H groups in total. The molecule has 1 aliphatic rings. The minimum atomic E-state index is -0.553. The van der Waals surface area contributed by atoms with Crippen LogP contribution in [0.15, 0.2) is 0 Å². The molecule has 0 aliphatic carbocycles. The lowest BCUT2D eigenvalue weighted by atomic mass is 10.5. The van der Waals surface area contributed by atoms with Crippen molar-refractivity contribution in [3.05, 3.63) is 0 Å². The summed E-state index contributed by atoms with van der Waals surface area (Å²) in [5.74, 6) is 1.19. The zero-order chi connectivity index (χ0) is 5.82. The molecule has 8 heavy (non-hydrogen) atoms. The molecule has 1 saturated heterocycles. The van der Waals surface area contributed by atoms with Gasteiger partial charge < -0.3 is 9.05 Å². The first-order valence-electron chi connectivity index (χ1n) is 2.53. The van der Waals surface area contributed by atoms with Crippen LogP contribution in [0, 0.1) is 0 Å². The second-order valence-corrected chi connectivity index (χ2v) is 4.83. The lowest BCUT2D eigenvalue weighted by Gasteiger charge is -2.17. The predicted octanol–water partition coefficient (Wildman–Crippen LogP) is 2.01. The van der Waals surface area contributed by atoms with Crippen LogP contribution in [0.25, 0.3) is 0 Å². The van der Waals surface area contributed by atoms with Gasteiger partial charge in [0, 0.05) is 12.9 Å². The van der Waals surface area contributed by atoms with Gasteiger partial charge in [-0.15, -0.1) is 0 Å². The molecule has 0 radical (unpaired) electrons. The van der Waals surface area contributed by atoms with Crippen LogP contribution < -0.4 is 0 Å². The van der Waals surface area contributed by atoms with Crippen LogP contribution >= 0.6 is 19.0 Å². The van der Waals surface area contributed by atoms with E-state index in [4.69, 9.17) is 9.05 Å². The average Bonchev–Trinajstić information content (AvgIpc) is 1.90. The van der Waals surface area contributed by atoms with Crippen molar-refractivity contribution in [1.29, 1.82) is 0 Å². The molecular weight excluding hydrogens is 143 g/mol. The number of hydrogen-bond acceptors (Lipinski definition) is 3. The summed E-state index contributed by atoms with van der Waals surface area (Å²) in [7, 11) is 1.15. The monoisotopic (exact) mass is 152 g/mol. The lowest BCUT2D eigenvalue weighted by molar-refractivity contribution is 0.293. The van der Waals surface area contributed by atoms with E-state index in [1.54, 1.807) is 18.5 Å². The number of rotatable bonds is 1. The molecule has 1 aliphatic heterocycles. The Morgan fingerprint density at radius 1 is 1.75 bits per heavy atom. The highest BCUT2D eigenvalue weighted by Gasteiger charge is 2.13. The van der Waals surface area contributed by atoms with Crippen molar-refractivity contribution in [2.75, 3.05) is 19.5 Å². The van der Waals surface area contributed by atoms with E-state index < -0.39 is 7.58 Å². The third-order valence-corrected chi connectivity index (χ3v) is 4.15. The lowest BCUT2D eigenvalue weighted by Crippen LogP contribution is -1.97. The van der Waals surface area contributed by atoms with Crippen LogP contribution in [-0.2, 0) is 9.05 Å². The molecule has 0 aromatic carbocycles. The van der Waals surface area contributed by atoms with Gasteiger partial charge in [-0.05, 0) is 6.42 Å². The van der Waals surface area contributed by atoms with Crippen LogP contribution in [0.1, 0.15) is 6.42 Å². The summed E-state index contributed by atoms with van der Waals surface area (Å²) in [4.78, 5) is 0. The first-order valence-corrected chi connectivity index (χ1v) is 5.30. The molecule has 0 aromatic heterocycles. The maximum absolute atomic E-state index is 5.23. The van der Waals surface area contributed by atoms with Gasteiger partial charge in [-0.25, -0.2) is 0 Å². The van der Waals surface area contributed by atoms with Crippen molar-refractivity contribution >= 4 is 19.0 Å². The van der Waals surface area contributed by atoms with E-state index in [2.05, 4.69) is 0 Å². The van der Waals surface area contributed by atoms with Crippen molar-refractivity contribution in [3.8, 4) is 0 Å². The van der Waals surface area contributed by atoms with Gasteiger partial charge in [-0.1, -0.05) is 11.4 Å². The zero-order valence-corrected chi connectivity index (χ0v) is 6.50. The highest BCUT2D eigenvalue weighted by Crippen LogP contribution is 2.53. The molecule has 1 atom stereocenters. The molecule has 2 nitrogen and oxygen atoms in total. The van der Waals surface area contributed by atoms with Crippen molar-refractivity contribution < 1.29 is 9.05 Å². The molecule has 0 amide bonds. The summed E-state index contributed by atoms with van der Waals surface area (Å²) in [5.41, 5.74) is 0. The Kier molecular flexibility index (Phi) is 3.13. The quantitative estimate of drug-likeness (QED) is 0.535. The Bertz CT molecular complexity index is 65.1. The summed E-state index contributed by atoms with van der Waals surface area (Å²) in [6.07, 6.45) is 1.17. The molecule has 48 valence electrons. The van der Waals surface area contributed by atoms with E-state index in [1.807, 2.05) is 0 Å². The van der Waals surface area contributed by atoms with E-state index >= 15 is 0 Å². The first-order chi connectivity index (χ1) is 3.93. The number of hydrogen-bond donors (Lipinski definition) is 0. The highest BCUT2D eigenvalue weighted by molar-refractivity contribution is 8.52. The standard InChI is InChI=1S/C4H9O2PS/c1-5-7-6-3-2-4-8-7/h2-4H2,1H3. The van der Waals surface area contributed by atoms with Gasteiger partial charge >= 0.3 is 0 Å². The van der Waals surface area contributed by atoms with Crippen LogP contribution in [0.3, 0.4) is 0 Å². The fourth-order valence-electron chi connectivity index (χ4n) is 0.480. The van der Waals surface area contributed by atoms with E-state index in [0.29, 0.717) is 0 Å². The van der Waals surface area contributed by atoms with Crippen LogP contribution in [0.2, 0.25) is 0 Å². The topological polar surface area (TPSA) is 18.5 Å². The molecular formula is C4H9O2PS. The zero-order valence-electron chi connectivity index (χ0n) is 4.79. The summed E-state index contributed by atoms with van der Waals surface area (Å²) in [5, 5.41) is 0. The summed E-state index contributed by atoms with van der Waals surface area (Å²) in [6, 6.07) is 0. The normalized spacial score (nSPS) is 30.4. The Hall–Kier alpha value is 0.700. The van der Waals surface area contributed by atoms with Crippen LogP contribution in [0.5, 0.6) is 0 Å². The Morgan fingerprint density at radius 2 is 2.62 bits per heavy atom. The van der Waals surface area contributed by atoms with Crippen LogP contribution in [-0.4, -0.2) is 19.5 Å². The van der Waals surface area contributed by atoms with Gasteiger partial charge in [0.05, 0.1) is 6.61 Å². The van der Waals surface area contributed by atoms with Gasteiger partial charge in [0.1, 0.15) is 0 Å². The Labute approximate surface area is 54.6 Å². The third kappa shape index (κ3) is 1.90. The summed E-state index contributed by atoms with van der Waals surface area (Å²) in [6.45, 7) is 0.881. The van der Waals surface area contributed by atoms with E-state index in [9.17, 15) is 0 Å². The molecule has 1 rings (SSSR count). The molecule has 0 saturated carbocycles. The minimum Gasteiger partial charge on any atom is -0.329 e. The van der Waals surface area contributed by atoms with Crippen molar-refractivity contribution in [2.45, 2.75) is 6.42 Å². The van der Waals surface area contributed by atoms with Gasteiger partial charge in [0.25, 0.3) is 0 Å². The molecule has 1 unspecified atom stereocenters. The molecule has 4 heteroatoms. The van der Waals surface area contributed by atoms with Crippen molar-refractivity contribution in [2.24, 2.45) is 0 Å². The maximum Gasteiger partial charge on any atom is 0.237 e. The largest absolute Gasteiger partial charge is 0.329 e. The maximum atomic E-state index is 5.23. The van der Waals surface area contributed by atoms with E-state index in [0.717, 1.165) is 6.61 Å². The van der Waals surface area contributed by atoms with Gasteiger partial charge in [0.15, 0.2) is 0 Å². The van der Waals surface area contributed by atoms with Gasteiger partial charge in [-0.2, -0.15) is 0 Å². The smallest absolute Gasteiger partial charge is 0.237 e. The molecule has 0 bridgehead atoms. The fraction of sp³-hybridized carbons (Fsp3) is 1.00. The molecule has 1 heterocycles. The molecule has 0 aromatic rings. The van der Waals surface area contributed by atoms with E-state index in [-0.39, 0.29) is 0 Å². The molecule has 0 spiro atoms. The fourth-order valence-corrected chi connectivity index (χ4v) is 3.04. The van der Waals surface area contributed by atoms with Gasteiger partial charge in [-0.3, -0.25) is 0 Å². The minimum absolute atomic E-state index is 0.553. The van der Waals surface area contributed by atoms with Gasteiger partial charge in [0.2, 0.25) is 7.58 Å².